The number of hydrogen-bond donors (Lipinski definition) is 1. The van der Waals surface area contributed by atoms with Gasteiger partial charge in [0.1, 0.15) is 5.82 Å². The number of nitrogens with zero attached hydrogens (tertiary/aromatic N) is 2. The van der Waals surface area contributed by atoms with Crippen molar-refractivity contribution in [2.24, 2.45) is 0 Å². The summed E-state index contributed by atoms with van der Waals surface area (Å²) in [6.45, 7) is 3.88. The smallest absolute Gasteiger partial charge is 0.252 e. The number of hydrogen-bond acceptors (Lipinski definition) is 3. The lowest BCUT2D eigenvalue weighted by Crippen LogP contribution is -2.27. The van der Waals surface area contributed by atoms with Gasteiger partial charge in [0.05, 0.1) is 0 Å². The molecule has 3 heterocycles. The van der Waals surface area contributed by atoms with E-state index in [1.165, 1.54) is 12.8 Å². The van der Waals surface area contributed by atoms with Gasteiger partial charge in [-0.3, -0.25) is 4.79 Å². The van der Waals surface area contributed by atoms with Crippen LogP contribution in [0.25, 0.3) is 0 Å². The number of aromatic nitrogens is 1. The average molecular weight is 217 g/mol. The van der Waals surface area contributed by atoms with Crippen LogP contribution in [-0.4, -0.2) is 23.5 Å². The van der Waals surface area contributed by atoms with Crippen molar-refractivity contribution in [3.05, 3.63) is 23.4 Å². The van der Waals surface area contributed by atoms with Crippen molar-refractivity contribution in [1.29, 1.82) is 0 Å². The molecule has 4 nitrogen and oxygen atoms in total. The third-order valence-corrected chi connectivity index (χ3v) is 3.50. The highest BCUT2D eigenvalue weighted by molar-refractivity contribution is 5.98. The SMILES string of the molecule is CC1CCCN1c1cc2c(cn1)CNC2=O. The van der Waals surface area contributed by atoms with Crippen molar-refractivity contribution in [3.8, 4) is 0 Å². The molecule has 1 aromatic rings. The van der Waals surface area contributed by atoms with E-state index in [0.29, 0.717) is 12.6 Å². The van der Waals surface area contributed by atoms with Crippen molar-refractivity contribution in [1.82, 2.24) is 10.3 Å². The molecule has 1 atom stereocenters. The number of pyridine rings is 1. The zero-order chi connectivity index (χ0) is 11.1. The van der Waals surface area contributed by atoms with Gasteiger partial charge >= 0.3 is 0 Å². The first-order chi connectivity index (χ1) is 7.75. The molecule has 0 bridgehead atoms. The molecule has 0 aromatic carbocycles. The van der Waals surface area contributed by atoms with Crippen molar-refractivity contribution in [2.45, 2.75) is 32.4 Å². The summed E-state index contributed by atoms with van der Waals surface area (Å²) in [5, 5.41) is 2.82. The Balaban J connectivity index is 1.97. The van der Waals surface area contributed by atoms with Crippen LogP contribution in [0.1, 0.15) is 35.7 Å². The second kappa shape index (κ2) is 3.47. The zero-order valence-electron chi connectivity index (χ0n) is 9.36. The quantitative estimate of drug-likeness (QED) is 0.771. The highest BCUT2D eigenvalue weighted by atomic mass is 16.1. The summed E-state index contributed by atoms with van der Waals surface area (Å²) in [6, 6.07) is 2.47. The Bertz CT molecular complexity index is 444. The van der Waals surface area contributed by atoms with Crippen LogP contribution in [0, 0.1) is 0 Å². The van der Waals surface area contributed by atoms with E-state index in [1.807, 2.05) is 12.3 Å². The fourth-order valence-electron chi connectivity index (χ4n) is 2.53. The van der Waals surface area contributed by atoms with Crippen LogP contribution in [0.2, 0.25) is 0 Å². The minimum absolute atomic E-state index is 0.0329. The molecular weight excluding hydrogens is 202 g/mol. The fraction of sp³-hybridized carbons (Fsp3) is 0.500. The van der Waals surface area contributed by atoms with Crippen LogP contribution in [0.5, 0.6) is 0 Å². The minimum Gasteiger partial charge on any atom is -0.354 e. The van der Waals surface area contributed by atoms with Gasteiger partial charge in [-0.1, -0.05) is 0 Å². The normalized spacial score (nSPS) is 23.4. The molecule has 16 heavy (non-hydrogen) atoms. The molecule has 1 unspecified atom stereocenters. The molecule has 1 N–H and O–H groups in total. The van der Waals surface area contributed by atoms with E-state index in [9.17, 15) is 4.79 Å². The molecule has 0 radical (unpaired) electrons. The Morgan fingerprint density at radius 2 is 2.44 bits per heavy atom. The standard InChI is InChI=1S/C12H15N3O/c1-8-3-2-4-15(8)11-5-10-9(6-13-11)7-14-12(10)16/h5-6,8H,2-4,7H2,1H3,(H,14,16). The summed E-state index contributed by atoms with van der Waals surface area (Å²) in [5.41, 5.74) is 1.81. The Labute approximate surface area is 94.7 Å². The Morgan fingerprint density at radius 1 is 1.56 bits per heavy atom. The van der Waals surface area contributed by atoms with Crippen molar-refractivity contribution in [2.75, 3.05) is 11.4 Å². The van der Waals surface area contributed by atoms with Gasteiger partial charge in [-0.05, 0) is 25.8 Å². The van der Waals surface area contributed by atoms with E-state index in [-0.39, 0.29) is 5.91 Å². The molecule has 1 amide bonds. The largest absolute Gasteiger partial charge is 0.354 e. The molecule has 1 aromatic heterocycles. The third kappa shape index (κ3) is 1.37. The third-order valence-electron chi connectivity index (χ3n) is 3.50. The van der Waals surface area contributed by atoms with E-state index in [4.69, 9.17) is 0 Å². The lowest BCUT2D eigenvalue weighted by Gasteiger charge is -2.22. The van der Waals surface area contributed by atoms with Crippen LogP contribution in [0.3, 0.4) is 0 Å². The van der Waals surface area contributed by atoms with Gasteiger partial charge in [-0.2, -0.15) is 0 Å². The van der Waals surface area contributed by atoms with E-state index >= 15 is 0 Å². The lowest BCUT2D eigenvalue weighted by molar-refractivity contribution is 0.0965. The van der Waals surface area contributed by atoms with Crippen molar-refractivity contribution >= 4 is 11.7 Å². The predicted octanol–water partition coefficient (Wildman–Crippen LogP) is 1.31. The van der Waals surface area contributed by atoms with Crippen molar-refractivity contribution < 1.29 is 4.79 Å². The average Bonchev–Trinajstić information content (AvgIpc) is 2.86. The van der Waals surface area contributed by atoms with Crippen LogP contribution < -0.4 is 10.2 Å². The van der Waals surface area contributed by atoms with Gasteiger partial charge < -0.3 is 10.2 Å². The summed E-state index contributed by atoms with van der Waals surface area (Å²) in [5.74, 6) is 0.978. The zero-order valence-corrected chi connectivity index (χ0v) is 9.36. The highest BCUT2D eigenvalue weighted by Crippen LogP contribution is 2.26. The summed E-state index contributed by atoms with van der Waals surface area (Å²) in [7, 11) is 0. The maximum atomic E-state index is 11.6. The Kier molecular flexibility index (Phi) is 2.09. The van der Waals surface area contributed by atoms with Gasteiger partial charge in [-0.15, -0.1) is 0 Å². The van der Waals surface area contributed by atoms with Gasteiger partial charge in [0.2, 0.25) is 0 Å². The minimum atomic E-state index is 0.0329. The van der Waals surface area contributed by atoms with Crippen LogP contribution in [0.4, 0.5) is 5.82 Å². The van der Waals surface area contributed by atoms with Gasteiger partial charge in [0.25, 0.3) is 5.91 Å². The number of anilines is 1. The first-order valence-electron chi connectivity index (χ1n) is 5.79. The number of fused-ring (bicyclic) bond motifs is 1. The van der Waals surface area contributed by atoms with Crippen molar-refractivity contribution in [3.63, 3.8) is 0 Å². The predicted molar refractivity (Wildman–Crippen MR) is 61.4 cm³/mol. The second-order valence-electron chi connectivity index (χ2n) is 4.57. The van der Waals surface area contributed by atoms with E-state index < -0.39 is 0 Å². The maximum Gasteiger partial charge on any atom is 0.252 e. The number of carbonyl (C=O) groups excluding carboxylic acids is 1. The molecule has 2 aliphatic rings. The number of rotatable bonds is 1. The first kappa shape index (κ1) is 9.63. The summed E-state index contributed by atoms with van der Waals surface area (Å²) < 4.78 is 0. The molecule has 2 aliphatic heterocycles. The summed E-state index contributed by atoms with van der Waals surface area (Å²) >= 11 is 0. The molecule has 0 aliphatic carbocycles. The van der Waals surface area contributed by atoms with E-state index in [2.05, 4.69) is 22.1 Å². The maximum absolute atomic E-state index is 11.6. The molecule has 0 spiro atoms. The van der Waals surface area contributed by atoms with Gasteiger partial charge in [0, 0.05) is 36.5 Å². The molecule has 3 rings (SSSR count). The van der Waals surface area contributed by atoms with Crippen LogP contribution in [0.15, 0.2) is 12.3 Å². The lowest BCUT2D eigenvalue weighted by atomic mass is 10.1. The molecule has 0 saturated carbocycles. The topological polar surface area (TPSA) is 45.2 Å². The van der Waals surface area contributed by atoms with E-state index in [1.54, 1.807) is 0 Å². The number of carbonyl (C=O) groups is 1. The first-order valence-corrected chi connectivity index (χ1v) is 5.79. The molecule has 1 saturated heterocycles. The second-order valence-corrected chi connectivity index (χ2v) is 4.57. The Morgan fingerprint density at radius 3 is 3.19 bits per heavy atom. The number of amides is 1. The van der Waals surface area contributed by atoms with Gasteiger partial charge in [-0.25, -0.2) is 4.98 Å². The monoisotopic (exact) mass is 217 g/mol. The molecular formula is C12H15N3O. The fourth-order valence-corrected chi connectivity index (χ4v) is 2.53. The highest BCUT2D eigenvalue weighted by Gasteiger charge is 2.25. The molecule has 4 heteroatoms. The molecule has 1 fully saturated rings. The summed E-state index contributed by atoms with van der Waals surface area (Å²) in [4.78, 5) is 18.3. The van der Waals surface area contributed by atoms with E-state index in [0.717, 1.165) is 23.5 Å². The molecule has 84 valence electrons. The van der Waals surface area contributed by atoms with Crippen LogP contribution in [-0.2, 0) is 6.54 Å². The number of nitrogens with one attached hydrogen (secondary N) is 1. The van der Waals surface area contributed by atoms with Gasteiger partial charge in [0.15, 0.2) is 0 Å². The Hall–Kier alpha value is -1.58. The summed E-state index contributed by atoms with van der Waals surface area (Å²) in [6.07, 6.45) is 4.25. The van der Waals surface area contributed by atoms with Crippen LogP contribution >= 0.6 is 0 Å².